The van der Waals surface area contributed by atoms with Crippen molar-refractivity contribution in [2.24, 2.45) is 5.73 Å². The number of amides is 1. The number of carbonyl (C=O) groups is 1. The Kier molecular flexibility index (Phi) is 4.62. The van der Waals surface area contributed by atoms with Crippen molar-refractivity contribution in [3.63, 3.8) is 0 Å². The van der Waals surface area contributed by atoms with E-state index in [1.807, 2.05) is 4.57 Å². The van der Waals surface area contributed by atoms with Gasteiger partial charge in [0.1, 0.15) is 4.83 Å². The summed E-state index contributed by atoms with van der Waals surface area (Å²) in [5.74, 6) is 0.158. The molecule has 2 N–H and O–H groups in total. The SMILES string of the molecule is C[C@H](Sc1nc2scc(C3CC3)c2c(=O)n1C1CCCCC1)C(N)=O. The highest BCUT2D eigenvalue weighted by atomic mass is 32.2. The van der Waals surface area contributed by atoms with Crippen molar-refractivity contribution in [3.05, 3.63) is 21.3 Å². The Morgan fingerprint density at radius 1 is 1.32 bits per heavy atom. The molecule has 5 nitrogen and oxygen atoms in total. The van der Waals surface area contributed by atoms with Gasteiger partial charge in [-0.05, 0) is 49.5 Å². The maximum absolute atomic E-state index is 13.4. The van der Waals surface area contributed by atoms with Crippen LogP contribution in [-0.4, -0.2) is 20.7 Å². The topological polar surface area (TPSA) is 78.0 Å². The molecule has 2 aliphatic carbocycles. The lowest BCUT2D eigenvalue weighted by Crippen LogP contribution is -2.30. The van der Waals surface area contributed by atoms with Gasteiger partial charge in [0.15, 0.2) is 5.16 Å². The fourth-order valence-corrected chi connectivity index (χ4v) is 5.65. The van der Waals surface area contributed by atoms with E-state index in [1.165, 1.54) is 36.6 Å². The molecular formula is C18H23N3O2S2. The Hall–Kier alpha value is -1.34. The van der Waals surface area contributed by atoms with Crippen molar-refractivity contribution >= 4 is 39.2 Å². The van der Waals surface area contributed by atoms with Gasteiger partial charge in [-0.2, -0.15) is 0 Å². The maximum Gasteiger partial charge on any atom is 0.263 e. The lowest BCUT2D eigenvalue weighted by Gasteiger charge is -2.26. The second-order valence-corrected chi connectivity index (χ2v) is 9.34. The number of nitrogens with zero attached hydrogens (tertiary/aromatic N) is 2. The highest BCUT2D eigenvalue weighted by Crippen LogP contribution is 2.44. The normalized spacial score (nSPS) is 20.0. The number of nitrogens with two attached hydrogens (primary N) is 1. The van der Waals surface area contributed by atoms with Crippen LogP contribution in [0.5, 0.6) is 0 Å². The molecule has 0 saturated heterocycles. The first-order chi connectivity index (χ1) is 12.1. The molecule has 0 aromatic carbocycles. The van der Waals surface area contributed by atoms with Crippen LogP contribution in [0.3, 0.4) is 0 Å². The van der Waals surface area contributed by atoms with E-state index < -0.39 is 5.25 Å². The second-order valence-electron chi connectivity index (χ2n) is 7.17. The van der Waals surface area contributed by atoms with E-state index in [2.05, 4.69) is 5.38 Å². The number of hydrogen-bond acceptors (Lipinski definition) is 5. The van der Waals surface area contributed by atoms with Gasteiger partial charge in [0.05, 0.1) is 10.6 Å². The van der Waals surface area contributed by atoms with E-state index in [0.717, 1.165) is 35.9 Å². The first-order valence-corrected chi connectivity index (χ1v) is 10.8. The third-order valence-corrected chi connectivity index (χ3v) is 7.25. The van der Waals surface area contributed by atoms with Gasteiger partial charge in [-0.3, -0.25) is 14.2 Å². The van der Waals surface area contributed by atoms with Gasteiger partial charge >= 0.3 is 0 Å². The molecule has 0 aliphatic heterocycles. The molecule has 2 aliphatic rings. The van der Waals surface area contributed by atoms with E-state index in [1.54, 1.807) is 18.3 Å². The molecule has 2 fully saturated rings. The Labute approximate surface area is 155 Å². The van der Waals surface area contributed by atoms with Gasteiger partial charge in [0.25, 0.3) is 5.56 Å². The second kappa shape index (κ2) is 6.76. The molecule has 1 atom stereocenters. The molecule has 0 spiro atoms. The van der Waals surface area contributed by atoms with Gasteiger partial charge in [0, 0.05) is 6.04 Å². The maximum atomic E-state index is 13.4. The van der Waals surface area contributed by atoms with Crippen molar-refractivity contribution in [3.8, 4) is 0 Å². The molecule has 7 heteroatoms. The summed E-state index contributed by atoms with van der Waals surface area (Å²) in [6.07, 6.45) is 7.87. The average Bonchev–Trinajstić information content (AvgIpc) is 3.35. The highest BCUT2D eigenvalue weighted by Gasteiger charge is 2.30. The molecule has 2 aromatic rings. The lowest BCUT2D eigenvalue weighted by atomic mass is 9.95. The predicted molar refractivity (Wildman–Crippen MR) is 102 cm³/mol. The summed E-state index contributed by atoms with van der Waals surface area (Å²) in [5.41, 5.74) is 6.71. The van der Waals surface area contributed by atoms with Gasteiger partial charge < -0.3 is 5.73 Å². The number of thiophene rings is 1. The third kappa shape index (κ3) is 3.24. The Balaban J connectivity index is 1.86. The summed E-state index contributed by atoms with van der Waals surface area (Å²) in [5, 5.41) is 3.17. The van der Waals surface area contributed by atoms with Gasteiger partial charge in [0.2, 0.25) is 5.91 Å². The average molecular weight is 378 g/mol. The van der Waals surface area contributed by atoms with Crippen molar-refractivity contribution in [2.75, 3.05) is 0 Å². The molecule has 2 saturated carbocycles. The van der Waals surface area contributed by atoms with Crippen LogP contribution in [0.15, 0.2) is 15.3 Å². The number of thioether (sulfide) groups is 1. The van der Waals surface area contributed by atoms with E-state index in [-0.39, 0.29) is 17.5 Å². The fraction of sp³-hybridized carbons (Fsp3) is 0.611. The summed E-state index contributed by atoms with van der Waals surface area (Å²) in [6.45, 7) is 1.78. The van der Waals surface area contributed by atoms with Crippen LogP contribution < -0.4 is 11.3 Å². The van der Waals surface area contributed by atoms with E-state index in [0.29, 0.717) is 11.1 Å². The molecule has 134 valence electrons. The third-order valence-electron chi connectivity index (χ3n) is 5.28. The van der Waals surface area contributed by atoms with Crippen molar-refractivity contribution in [1.82, 2.24) is 9.55 Å². The lowest BCUT2D eigenvalue weighted by molar-refractivity contribution is -0.117. The number of primary amides is 1. The van der Waals surface area contributed by atoms with Crippen LogP contribution >= 0.6 is 23.1 Å². The summed E-state index contributed by atoms with van der Waals surface area (Å²) in [7, 11) is 0. The van der Waals surface area contributed by atoms with Crippen LogP contribution in [0.2, 0.25) is 0 Å². The standard InChI is InChI=1S/C18H23N3O2S2/c1-10(15(19)22)25-18-20-16-14(13(9-24-16)11-7-8-11)17(23)21(18)12-5-3-2-4-6-12/h9-12H,2-8H2,1H3,(H2,19,22)/t10-/m0/s1. The largest absolute Gasteiger partial charge is 0.369 e. The minimum absolute atomic E-state index is 0.0826. The van der Waals surface area contributed by atoms with Crippen LogP contribution in [0.4, 0.5) is 0 Å². The molecule has 0 radical (unpaired) electrons. The quantitative estimate of drug-likeness (QED) is 0.635. The zero-order valence-electron chi connectivity index (χ0n) is 14.4. The first-order valence-electron chi connectivity index (χ1n) is 9.06. The minimum Gasteiger partial charge on any atom is -0.369 e. The van der Waals surface area contributed by atoms with Crippen molar-refractivity contribution < 1.29 is 4.79 Å². The molecule has 2 aromatic heterocycles. The summed E-state index contributed by atoms with van der Waals surface area (Å²) >= 11 is 2.87. The van der Waals surface area contributed by atoms with Crippen LogP contribution in [-0.2, 0) is 4.79 Å². The van der Waals surface area contributed by atoms with Crippen molar-refractivity contribution in [2.45, 2.75) is 74.2 Å². The summed E-state index contributed by atoms with van der Waals surface area (Å²) in [6, 6.07) is 0.188. The van der Waals surface area contributed by atoms with E-state index in [9.17, 15) is 9.59 Å². The number of fused-ring (bicyclic) bond motifs is 1. The zero-order chi connectivity index (χ0) is 17.6. The molecule has 1 amide bonds. The number of rotatable bonds is 5. The molecule has 2 heterocycles. The van der Waals surface area contributed by atoms with Gasteiger partial charge in [-0.15, -0.1) is 11.3 Å². The van der Waals surface area contributed by atoms with Crippen molar-refractivity contribution in [1.29, 1.82) is 0 Å². The molecule has 0 unspecified atom stereocenters. The van der Waals surface area contributed by atoms with Crippen LogP contribution in [0, 0.1) is 0 Å². The number of aromatic nitrogens is 2. The van der Waals surface area contributed by atoms with Gasteiger partial charge in [-0.25, -0.2) is 4.98 Å². The van der Waals surface area contributed by atoms with Crippen LogP contribution in [0.25, 0.3) is 10.2 Å². The van der Waals surface area contributed by atoms with Crippen LogP contribution in [0.1, 0.15) is 69.4 Å². The molecule has 0 bridgehead atoms. The smallest absolute Gasteiger partial charge is 0.263 e. The summed E-state index contributed by atoms with van der Waals surface area (Å²) < 4.78 is 1.88. The predicted octanol–water partition coefficient (Wildman–Crippen LogP) is 3.81. The molecule has 4 rings (SSSR count). The number of carbonyl (C=O) groups excluding carboxylic acids is 1. The number of hydrogen-bond donors (Lipinski definition) is 1. The monoisotopic (exact) mass is 377 g/mol. The zero-order valence-corrected chi connectivity index (χ0v) is 16.0. The van der Waals surface area contributed by atoms with E-state index in [4.69, 9.17) is 10.7 Å². The van der Waals surface area contributed by atoms with E-state index >= 15 is 0 Å². The van der Waals surface area contributed by atoms with Gasteiger partial charge in [-0.1, -0.05) is 31.0 Å². The Morgan fingerprint density at radius 2 is 2.04 bits per heavy atom. The highest BCUT2D eigenvalue weighted by molar-refractivity contribution is 8.00. The minimum atomic E-state index is -0.401. The Morgan fingerprint density at radius 3 is 2.68 bits per heavy atom. The molecular weight excluding hydrogens is 354 g/mol. The first kappa shape index (κ1) is 17.1. The Bertz CT molecular complexity index is 863. The fourth-order valence-electron chi connectivity index (χ4n) is 3.66. The molecule has 25 heavy (non-hydrogen) atoms. The summed E-state index contributed by atoms with van der Waals surface area (Å²) in [4.78, 5) is 30.5.